The van der Waals surface area contributed by atoms with E-state index < -0.39 is 6.04 Å². The molecule has 1 N–H and O–H groups in total. The predicted molar refractivity (Wildman–Crippen MR) is 79.7 cm³/mol. The van der Waals surface area contributed by atoms with Crippen LogP contribution in [0.2, 0.25) is 0 Å². The average Bonchev–Trinajstić information content (AvgIpc) is 3.03. The van der Waals surface area contributed by atoms with Crippen LogP contribution in [-0.2, 0) is 16.0 Å². The first-order valence-corrected chi connectivity index (χ1v) is 7.46. The molecule has 1 aromatic rings. The minimum atomic E-state index is -0.518. The van der Waals surface area contributed by atoms with Crippen LogP contribution in [0.3, 0.4) is 0 Å². The first-order chi connectivity index (χ1) is 10.6. The molecule has 0 aromatic heterocycles. The van der Waals surface area contributed by atoms with Crippen LogP contribution in [0.25, 0.3) is 0 Å². The molecule has 0 saturated carbocycles. The lowest BCUT2D eigenvalue weighted by atomic mass is 10.1. The summed E-state index contributed by atoms with van der Waals surface area (Å²) >= 11 is 0. The molecule has 3 atom stereocenters. The molecule has 2 aliphatic rings. The van der Waals surface area contributed by atoms with Crippen molar-refractivity contribution < 1.29 is 19.1 Å². The van der Waals surface area contributed by atoms with Crippen LogP contribution in [0.1, 0.15) is 18.9 Å². The highest BCUT2D eigenvalue weighted by molar-refractivity contribution is 6.04. The number of methoxy groups -OCH3 is 1. The van der Waals surface area contributed by atoms with Gasteiger partial charge in [0.05, 0.1) is 25.9 Å². The third kappa shape index (κ3) is 2.78. The molecule has 3 amide bonds. The summed E-state index contributed by atoms with van der Waals surface area (Å²) < 4.78 is 10.7. The Bertz CT molecular complexity index is 589. The maximum atomic E-state index is 12.5. The van der Waals surface area contributed by atoms with Gasteiger partial charge in [-0.3, -0.25) is 9.69 Å². The maximum absolute atomic E-state index is 12.5. The van der Waals surface area contributed by atoms with Gasteiger partial charge in [0, 0.05) is 6.42 Å². The van der Waals surface area contributed by atoms with Crippen molar-refractivity contribution in [2.24, 2.45) is 0 Å². The molecule has 6 heteroatoms. The van der Waals surface area contributed by atoms with E-state index in [0.717, 1.165) is 11.3 Å². The Morgan fingerprint density at radius 3 is 2.91 bits per heavy atom. The molecule has 6 nitrogen and oxygen atoms in total. The van der Waals surface area contributed by atoms with E-state index in [1.807, 2.05) is 31.2 Å². The molecule has 2 fully saturated rings. The third-order valence-corrected chi connectivity index (χ3v) is 4.17. The molecule has 0 spiro atoms. The van der Waals surface area contributed by atoms with Gasteiger partial charge in [-0.15, -0.1) is 0 Å². The third-order valence-electron chi connectivity index (χ3n) is 4.17. The van der Waals surface area contributed by atoms with E-state index in [0.29, 0.717) is 19.4 Å². The molecule has 22 heavy (non-hydrogen) atoms. The number of benzene rings is 1. The van der Waals surface area contributed by atoms with Crippen LogP contribution < -0.4 is 10.1 Å². The van der Waals surface area contributed by atoms with Crippen molar-refractivity contribution >= 4 is 11.9 Å². The Balaban J connectivity index is 1.70. The van der Waals surface area contributed by atoms with Gasteiger partial charge >= 0.3 is 6.03 Å². The zero-order valence-electron chi connectivity index (χ0n) is 12.7. The van der Waals surface area contributed by atoms with Crippen LogP contribution in [0.15, 0.2) is 24.3 Å². The first kappa shape index (κ1) is 14.8. The van der Waals surface area contributed by atoms with Gasteiger partial charge in [-0.1, -0.05) is 12.1 Å². The van der Waals surface area contributed by atoms with Crippen molar-refractivity contribution in [3.05, 3.63) is 29.8 Å². The van der Waals surface area contributed by atoms with E-state index in [9.17, 15) is 9.59 Å². The number of imide groups is 1. The highest BCUT2D eigenvalue weighted by Gasteiger charge is 2.44. The van der Waals surface area contributed by atoms with E-state index in [-0.39, 0.29) is 24.1 Å². The van der Waals surface area contributed by atoms with Crippen LogP contribution in [0.4, 0.5) is 4.79 Å². The minimum absolute atomic E-state index is 0.0861. The van der Waals surface area contributed by atoms with Gasteiger partial charge < -0.3 is 14.8 Å². The molecule has 0 bridgehead atoms. The summed E-state index contributed by atoms with van der Waals surface area (Å²) in [5.41, 5.74) is 0.955. The molecule has 2 aliphatic heterocycles. The fraction of sp³-hybridized carbons (Fsp3) is 0.500. The van der Waals surface area contributed by atoms with E-state index in [1.54, 1.807) is 7.11 Å². The van der Waals surface area contributed by atoms with Crippen LogP contribution in [0.5, 0.6) is 5.75 Å². The first-order valence-electron chi connectivity index (χ1n) is 7.46. The zero-order valence-corrected chi connectivity index (χ0v) is 12.7. The van der Waals surface area contributed by atoms with Gasteiger partial charge in [0.1, 0.15) is 11.8 Å². The van der Waals surface area contributed by atoms with E-state index in [2.05, 4.69) is 5.32 Å². The SMILES string of the molecule is COc1cccc(CC2NC(=O)N(C3COC(C)C3)C2=O)c1. The van der Waals surface area contributed by atoms with E-state index >= 15 is 0 Å². The molecule has 3 unspecified atom stereocenters. The number of amides is 3. The Labute approximate surface area is 129 Å². The summed E-state index contributed by atoms with van der Waals surface area (Å²) in [7, 11) is 1.60. The van der Waals surface area contributed by atoms with Gasteiger partial charge in [-0.25, -0.2) is 4.79 Å². The van der Waals surface area contributed by atoms with Gasteiger partial charge in [-0.05, 0) is 31.0 Å². The lowest BCUT2D eigenvalue weighted by Gasteiger charge is -2.19. The molecule has 3 rings (SSSR count). The molecule has 0 aliphatic carbocycles. The van der Waals surface area contributed by atoms with Gasteiger partial charge in [-0.2, -0.15) is 0 Å². The number of nitrogens with one attached hydrogen (secondary N) is 1. The lowest BCUT2D eigenvalue weighted by Crippen LogP contribution is -2.41. The zero-order chi connectivity index (χ0) is 15.7. The lowest BCUT2D eigenvalue weighted by molar-refractivity contribution is -0.129. The smallest absolute Gasteiger partial charge is 0.325 e. The average molecular weight is 304 g/mol. The number of carbonyl (C=O) groups is 2. The summed E-state index contributed by atoms with van der Waals surface area (Å²) in [6.07, 6.45) is 1.25. The molecule has 2 heterocycles. The van der Waals surface area contributed by atoms with Gasteiger partial charge in [0.25, 0.3) is 5.91 Å². The summed E-state index contributed by atoms with van der Waals surface area (Å²) in [6.45, 7) is 2.37. The standard InChI is InChI=1S/C16H20N2O4/c1-10-6-12(9-22-10)18-15(19)14(17-16(18)20)8-11-4-3-5-13(7-11)21-2/h3-5,7,10,12,14H,6,8-9H2,1-2H3,(H,17,20). The van der Waals surface area contributed by atoms with Crippen molar-refractivity contribution in [1.82, 2.24) is 10.2 Å². The summed E-state index contributed by atoms with van der Waals surface area (Å²) in [4.78, 5) is 26.0. The largest absolute Gasteiger partial charge is 0.497 e. The Morgan fingerprint density at radius 2 is 2.23 bits per heavy atom. The van der Waals surface area contributed by atoms with Gasteiger partial charge in [0.2, 0.25) is 0 Å². The maximum Gasteiger partial charge on any atom is 0.325 e. The van der Waals surface area contributed by atoms with Crippen molar-refractivity contribution in [2.75, 3.05) is 13.7 Å². The normalized spacial score (nSPS) is 28.1. The second-order valence-corrected chi connectivity index (χ2v) is 5.80. The summed E-state index contributed by atoms with van der Waals surface area (Å²) in [6, 6.07) is 6.53. The number of hydrogen-bond acceptors (Lipinski definition) is 4. The van der Waals surface area contributed by atoms with Crippen molar-refractivity contribution in [1.29, 1.82) is 0 Å². The van der Waals surface area contributed by atoms with E-state index in [4.69, 9.17) is 9.47 Å². The highest BCUT2D eigenvalue weighted by Crippen LogP contribution is 2.23. The fourth-order valence-corrected chi connectivity index (χ4v) is 3.04. The number of rotatable bonds is 4. The Morgan fingerprint density at radius 1 is 1.41 bits per heavy atom. The topological polar surface area (TPSA) is 67.9 Å². The molecule has 1 aromatic carbocycles. The Hall–Kier alpha value is -2.08. The number of carbonyl (C=O) groups excluding carboxylic acids is 2. The van der Waals surface area contributed by atoms with E-state index in [1.165, 1.54) is 4.90 Å². The second kappa shape index (κ2) is 5.96. The monoisotopic (exact) mass is 304 g/mol. The predicted octanol–water partition coefficient (Wildman–Crippen LogP) is 1.34. The Kier molecular flexibility index (Phi) is 4.02. The van der Waals surface area contributed by atoms with Gasteiger partial charge in [0.15, 0.2) is 0 Å². The number of ether oxygens (including phenoxy) is 2. The number of hydrogen-bond donors (Lipinski definition) is 1. The summed E-state index contributed by atoms with van der Waals surface area (Å²) in [5.74, 6) is 0.569. The van der Waals surface area contributed by atoms with Crippen LogP contribution in [-0.4, -0.2) is 48.7 Å². The molecular formula is C16H20N2O4. The number of urea groups is 1. The second-order valence-electron chi connectivity index (χ2n) is 5.80. The van der Waals surface area contributed by atoms with Crippen LogP contribution in [0, 0.1) is 0 Å². The number of nitrogens with zero attached hydrogens (tertiary/aromatic N) is 1. The van der Waals surface area contributed by atoms with Crippen molar-refractivity contribution in [2.45, 2.75) is 38.0 Å². The van der Waals surface area contributed by atoms with Crippen molar-refractivity contribution in [3.63, 3.8) is 0 Å². The minimum Gasteiger partial charge on any atom is -0.497 e. The molecule has 118 valence electrons. The highest BCUT2D eigenvalue weighted by atomic mass is 16.5. The van der Waals surface area contributed by atoms with Crippen LogP contribution >= 0.6 is 0 Å². The fourth-order valence-electron chi connectivity index (χ4n) is 3.04. The summed E-state index contributed by atoms with van der Waals surface area (Å²) in [5, 5.41) is 2.77. The van der Waals surface area contributed by atoms with Crippen molar-refractivity contribution in [3.8, 4) is 5.75 Å². The molecule has 2 saturated heterocycles. The molecular weight excluding hydrogens is 284 g/mol. The quantitative estimate of drug-likeness (QED) is 0.852. The molecule has 0 radical (unpaired) electrons.